The zero-order chi connectivity index (χ0) is 14.3. The molecule has 1 heterocycles. The van der Waals surface area contributed by atoms with Crippen LogP contribution in [0.15, 0.2) is 34.9 Å². The van der Waals surface area contributed by atoms with Crippen molar-refractivity contribution in [1.29, 1.82) is 0 Å². The van der Waals surface area contributed by atoms with Gasteiger partial charge in [-0.25, -0.2) is 4.98 Å². The van der Waals surface area contributed by atoms with Crippen molar-refractivity contribution in [3.8, 4) is 11.3 Å². The first-order valence-corrected chi connectivity index (χ1v) is 6.16. The van der Waals surface area contributed by atoms with E-state index in [9.17, 15) is 4.79 Å². The van der Waals surface area contributed by atoms with Crippen LogP contribution in [0.3, 0.4) is 0 Å². The Morgan fingerprint density at radius 2 is 2.11 bits per heavy atom. The molecule has 0 aliphatic carbocycles. The lowest BCUT2D eigenvalue weighted by Crippen LogP contribution is -2.10. The normalized spacial score (nSPS) is 9.42. The number of oxazole rings is 1. The molecular weight excluding hydrogens is 242 g/mol. The van der Waals surface area contributed by atoms with Crippen molar-refractivity contribution in [1.82, 2.24) is 4.98 Å². The molecule has 1 aromatic carbocycles. The molecule has 2 rings (SSSR count). The van der Waals surface area contributed by atoms with Crippen LogP contribution in [0.1, 0.15) is 30.6 Å². The predicted molar refractivity (Wildman–Crippen MR) is 76.0 cm³/mol. The maximum absolute atomic E-state index is 11.0. The zero-order valence-corrected chi connectivity index (χ0v) is 11.4. The molecule has 0 saturated carbocycles. The number of anilines is 1. The van der Waals surface area contributed by atoms with E-state index >= 15 is 0 Å². The molecule has 0 unspecified atom stereocenters. The Hall–Kier alpha value is -2.30. The molecule has 0 aliphatic heterocycles. The van der Waals surface area contributed by atoms with E-state index in [1.54, 1.807) is 31.4 Å². The van der Waals surface area contributed by atoms with Crippen molar-refractivity contribution in [3.05, 3.63) is 36.0 Å². The summed E-state index contributed by atoms with van der Waals surface area (Å²) in [6, 6.07) is 7.33. The molecular formula is C14H19N3O2. The van der Waals surface area contributed by atoms with Crippen LogP contribution in [-0.2, 0) is 0 Å². The van der Waals surface area contributed by atoms with Gasteiger partial charge in [0.25, 0.3) is 6.01 Å². The van der Waals surface area contributed by atoms with E-state index in [2.05, 4.69) is 24.1 Å². The Morgan fingerprint density at radius 3 is 2.63 bits per heavy atom. The van der Waals surface area contributed by atoms with Gasteiger partial charge in [0.15, 0.2) is 5.76 Å². The van der Waals surface area contributed by atoms with E-state index in [1.807, 2.05) is 6.07 Å². The molecule has 5 nitrogen and oxygen atoms in total. The summed E-state index contributed by atoms with van der Waals surface area (Å²) in [4.78, 5) is 15.0. The first kappa shape index (κ1) is 14.8. The Bertz CT molecular complexity index is 535. The lowest BCUT2D eigenvalue weighted by atomic mass is 10.1. The Morgan fingerprint density at radius 1 is 1.42 bits per heavy atom. The maximum Gasteiger partial charge on any atom is 0.294 e. The Balaban J connectivity index is 0.000000550. The summed E-state index contributed by atoms with van der Waals surface area (Å²) in [5.41, 5.74) is 6.41. The molecule has 1 amide bonds. The van der Waals surface area contributed by atoms with Gasteiger partial charge in [-0.1, -0.05) is 32.4 Å². The SMILES string of the molecule is CCC.CNc1ncc(-c2cccc(C(N)=O)c2)o1. The Labute approximate surface area is 112 Å². The van der Waals surface area contributed by atoms with Crippen LogP contribution in [0, 0.1) is 0 Å². The largest absolute Gasteiger partial charge is 0.424 e. The van der Waals surface area contributed by atoms with Gasteiger partial charge in [-0.15, -0.1) is 0 Å². The molecule has 0 aliphatic rings. The number of benzene rings is 1. The molecule has 0 spiro atoms. The van der Waals surface area contributed by atoms with Crippen LogP contribution in [0.2, 0.25) is 0 Å². The zero-order valence-electron chi connectivity index (χ0n) is 11.4. The first-order valence-electron chi connectivity index (χ1n) is 6.16. The van der Waals surface area contributed by atoms with Crippen molar-refractivity contribution >= 4 is 11.9 Å². The Kier molecular flexibility index (Phi) is 5.60. The van der Waals surface area contributed by atoms with Crippen LogP contribution < -0.4 is 11.1 Å². The molecule has 1 aromatic heterocycles. The van der Waals surface area contributed by atoms with Gasteiger partial charge in [-0.2, -0.15) is 0 Å². The summed E-state index contributed by atoms with van der Waals surface area (Å²) in [7, 11) is 1.72. The predicted octanol–water partition coefficient (Wildman–Crippen LogP) is 2.90. The lowest BCUT2D eigenvalue weighted by Gasteiger charge is -1.98. The summed E-state index contributed by atoms with van der Waals surface area (Å²) in [5.74, 6) is 0.127. The lowest BCUT2D eigenvalue weighted by molar-refractivity contribution is 0.100. The van der Waals surface area contributed by atoms with Gasteiger partial charge >= 0.3 is 0 Å². The van der Waals surface area contributed by atoms with Gasteiger partial charge in [0.05, 0.1) is 6.20 Å². The average Bonchev–Trinajstić information content (AvgIpc) is 2.88. The van der Waals surface area contributed by atoms with Crippen LogP contribution >= 0.6 is 0 Å². The number of carbonyl (C=O) groups excluding carboxylic acids is 1. The van der Waals surface area contributed by atoms with Gasteiger partial charge in [0, 0.05) is 18.2 Å². The second kappa shape index (κ2) is 7.20. The van der Waals surface area contributed by atoms with Crippen LogP contribution in [-0.4, -0.2) is 17.9 Å². The number of nitrogens with zero attached hydrogens (tertiary/aromatic N) is 1. The van der Waals surface area contributed by atoms with E-state index in [0.29, 0.717) is 17.3 Å². The first-order chi connectivity index (χ1) is 9.12. The highest BCUT2D eigenvalue weighted by Crippen LogP contribution is 2.22. The van der Waals surface area contributed by atoms with Crippen molar-refractivity contribution in [2.24, 2.45) is 5.73 Å². The monoisotopic (exact) mass is 261 g/mol. The minimum atomic E-state index is -0.463. The molecule has 19 heavy (non-hydrogen) atoms. The minimum Gasteiger partial charge on any atom is -0.424 e. The summed E-state index contributed by atoms with van der Waals surface area (Å²) in [6.07, 6.45) is 2.84. The molecule has 5 heteroatoms. The second-order valence-electron chi connectivity index (χ2n) is 3.93. The standard InChI is InChI=1S/C11H11N3O2.C3H8/c1-13-11-14-6-9(16-11)7-3-2-4-8(5-7)10(12)15;1-3-2/h2-6H,1H3,(H2,12,15)(H,13,14);3H2,1-2H3. The van der Waals surface area contributed by atoms with Crippen LogP contribution in [0.25, 0.3) is 11.3 Å². The number of amides is 1. The van der Waals surface area contributed by atoms with Gasteiger partial charge in [0.2, 0.25) is 5.91 Å². The summed E-state index contributed by atoms with van der Waals surface area (Å²) in [6.45, 7) is 4.25. The van der Waals surface area contributed by atoms with Crippen LogP contribution in [0.5, 0.6) is 0 Å². The number of primary amides is 1. The van der Waals surface area contributed by atoms with E-state index in [0.717, 1.165) is 5.56 Å². The van der Waals surface area contributed by atoms with Gasteiger partial charge < -0.3 is 15.5 Å². The van der Waals surface area contributed by atoms with Crippen LogP contribution in [0.4, 0.5) is 6.01 Å². The molecule has 102 valence electrons. The highest BCUT2D eigenvalue weighted by molar-refractivity contribution is 5.93. The topological polar surface area (TPSA) is 81.1 Å². The summed E-state index contributed by atoms with van der Waals surface area (Å²) in [5, 5.41) is 2.79. The second-order valence-corrected chi connectivity index (χ2v) is 3.93. The molecule has 2 aromatic rings. The quantitative estimate of drug-likeness (QED) is 0.890. The number of rotatable bonds is 3. The number of aromatic nitrogens is 1. The fourth-order valence-corrected chi connectivity index (χ4v) is 1.35. The third kappa shape index (κ3) is 4.13. The molecule has 0 radical (unpaired) electrons. The smallest absolute Gasteiger partial charge is 0.294 e. The highest BCUT2D eigenvalue weighted by Gasteiger charge is 2.07. The number of nitrogens with two attached hydrogens (primary N) is 1. The number of hydrogen-bond acceptors (Lipinski definition) is 4. The van der Waals surface area contributed by atoms with E-state index < -0.39 is 5.91 Å². The highest BCUT2D eigenvalue weighted by atomic mass is 16.4. The molecule has 0 bridgehead atoms. The van der Waals surface area contributed by atoms with Crippen molar-refractivity contribution in [3.63, 3.8) is 0 Å². The third-order valence-corrected chi connectivity index (χ3v) is 2.15. The molecule has 3 N–H and O–H groups in total. The average molecular weight is 261 g/mol. The van der Waals surface area contributed by atoms with Crippen molar-refractivity contribution in [2.75, 3.05) is 12.4 Å². The number of hydrogen-bond donors (Lipinski definition) is 2. The number of carbonyl (C=O) groups is 1. The molecule has 0 fully saturated rings. The molecule has 0 atom stereocenters. The summed E-state index contributed by atoms with van der Waals surface area (Å²) < 4.78 is 5.38. The maximum atomic E-state index is 11.0. The van der Waals surface area contributed by atoms with E-state index in [-0.39, 0.29) is 0 Å². The van der Waals surface area contributed by atoms with Crippen molar-refractivity contribution in [2.45, 2.75) is 20.3 Å². The van der Waals surface area contributed by atoms with Gasteiger partial charge in [-0.05, 0) is 12.1 Å². The van der Waals surface area contributed by atoms with E-state index in [4.69, 9.17) is 10.2 Å². The van der Waals surface area contributed by atoms with Gasteiger partial charge in [-0.3, -0.25) is 4.79 Å². The summed E-state index contributed by atoms with van der Waals surface area (Å²) >= 11 is 0. The van der Waals surface area contributed by atoms with E-state index in [1.165, 1.54) is 6.42 Å². The molecule has 0 saturated heterocycles. The fourth-order valence-electron chi connectivity index (χ4n) is 1.35. The third-order valence-electron chi connectivity index (χ3n) is 2.15. The fraction of sp³-hybridized carbons (Fsp3) is 0.286. The van der Waals surface area contributed by atoms with Gasteiger partial charge in [0.1, 0.15) is 0 Å². The minimum absolute atomic E-state index is 0.430. The van der Waals surface area contributed by atoms with Crippen molar-refractivity contribution < 1.29 is 9.21 Å². The number of nitrogens with one attached hydrogen (secondary N) is 1.